The molecule has 2 rings (SSSR count). The smallest absolute Gasteiger partial charge is 0.254 e. The number of likely N-dealkylation sites (tertiary alicyclic amines) is 1. The number of rotatable bonds is 7. The monoisotopic (exact) mass is 349 g/mol. The van der Waals surface area contributed by atoms with Gasteiger partial charge in [-0.05, 0) is 71.7 Å². The van der Waals surface area contributed by atoms with Crippen molar-refractivity contribution in [2.75, 3.05) is 54.4 Å². The Morgan fingerprint density at radius 1 is 1.32 bits per heavy atom. The van der Waals surface area contributed by atoms with E-state index < -0.39 is 0 Å². The van der Waals surface area contributed by atoms with Gasteiger partial charge >= 0.3 is 0 Å². The molecule has 0 unspecified atom stereocenters. The molecule has 0 bridgehead atoms. The van der Waals surface area contributed by atoms with Crippen LogP contribution in [-0.4, -0.2) is 86.2 Å². The van der Waals surface area contributed by atoms with Gasteiger partial charge in [-0.1, -0.05) is 0 Å². The van der Waals surface area contributed by atoms with E-state index in [4.69, 9.17) is 4.74 Å². The van der Waals surface area contributed by atoms with Gasteiger partial charge in [0, 0.05) is 24.7 Å². The van der Waals surface area contributed by atoms with Crippen molar-refractivity contribution in [3.05, 3.63) is 23.8 Å². The van der Waals surface area contributed by atoms with Gasteiger partial charge < -0.3 is 24.5 Å². The fourth-order valence-corrected chi connectivity index (χ4v) is 3.31. The molecule has 1 aromatic carbocycles. The third kappa shape index (κ3) is 5.34. The maximum Gasteiger partial charge on any atom is 0.254 e. The van der Waals surface area contributed by atoms with Gasteiger partial charge in [-0.25, -0.2) is 0 Å². The van der Waals surface area contributed by atoms with E-state index in [-0.39, 0.29) is 11.7 Å². The van der Waals surface area contributed by atoms with Crippen molar-refractivity contribution in [1.29, 1.82) is 0 Å². The van der Waals surface area contributed by atoms with Crippen LogP contribution in [0.3, 0.4) is 0 Å². The van der Waals surface area contributed by atoms with Gasteiger partial charge in [-0.3, -0.25) is 4.79 Å². The Bertz CT molecular complexity index is 577. The van der Waals surface area contributed by atoms with Crippen molar-refractivity contribution in [3.63, 3.8) is 0 Å². The topological polar surface area (TPSA) is 56.2 Å². The van der Waals surface area contributed by atoms with Crippen molar-refractivity contribution in [2.45, 2.75) is 25.3 Å². The molecule has 6 heteroatoms. The molecule has 1 saturated heterocycles. The SMILES string of the molecule is COc1cc(C(=O)N2CCC[C@H](N(C)CCCN(C)C)C2)ccc1O. The second-order valence-corrected chi connectivity index (χ2v) is 7.07. The van der Waals surface area contributed by atoms with Gasteiger partial charge in [0.05, 0.1) is 7.11 Å². The Balaban J connectivity index is 1.96. The average Bonchev–Trinajstić information content (AvgIpc) is 2.61. The molecule has 0 radical (unpaired) electrons. The summed E-state index contributed by atoms with van der Waals surface area (Å²) in [6.07, 6.45) is 3.27. The van der Waals surface area contributed by atoms with E-state index in [0.717, 1.165) is 45.4 Å². The molecule has 140 valence electrons. The highest BCUT2D eigenvalue weighted by molar-refractivity contribution is 5.95. The number of likely N-dealkylation sites (N-methyl/N-ethyl adjacent to an activating group) is 1. The second-order valence-electron chi connectivity index (χ2n) is 7.07. The van der Waals surface area contributed by atoms with E-state index in [2.05, 4.69) is 30.9 Å². The lowest BCUT2D eigenvalue weighted by molar-refractivity contribution is 0.0607. The second kappa shape index (κ2) is 9.06. The summed E-state index contributed by atoms with van der Waals surface area (Å²) in [5.41, 5.74) is 0.561. The van der Waals surface area contributed by atoms with Gasteiger partial charge in [0.1, 0.15) is 0 Å². The zero-order valence-corrected chi connectivity index (χ0v) is 15.9. The summed E-state index contributed by atoms with van der Waals surface area (Å²) in [6.45, 7) is 3.65. The molecule has 1 aliphatic heterocycles. The molecule has 1 heterocycles. The molecule has 1 fully saturated rings. The van der Waals surface area contributed by atoms with Crippen molar-refractivity contribution in [2.24, 2.45) is 0 Å². The van der Waals surface area contributed by atoms with Crippen LogP contribution in [0.15, 0.2) is 18.2 Å². The first-order valence-electron chi connectivity index (χ1n) is 8.93. The molecule has 0 saturated carbocycles. The van der Waals surface area contributed by atoms with E-state index in [1.807, 2.05) is 4.90 Å². The summed E-state index contributed by atoms with van der Waals surface area (Å²) in [6, 6.07) is 5.19. The van der Waals surface area contributed by atoms with Crippen LogP contribution in [0.4, 0.5) is 0 Å². The van der Waals surface area contributed by atoms with Crippen molar-refractivity contribution < 1.29 is 14.6 Å². The Morgan fingerprint density at radius 2 is 2.08 bits per heavy atom. The van der Waals surface area contributed by atoms with Crippen LogP contribution in [0.5, 0.6) is 11.5 Å². The third-order valence-corrected chi connectivity index (χ3v) is 4.85. The summed E-state index contributed by atoms with van der Waals surface area (Å²) in [4.78, 5) is 19.3. The quantitative estimate of drug-likeness (QED) is 0.815. The Morgan fingerprint density at radius 3 is 2.76 bits per heavy atom. The molecule has 6 nitrogen and oxygen atoms in total. The molecule has 0 aromatic heterocycles. The van der Waals surface area contributed by atoms with Crippen LogP contribution >= 0.6 is 0 Å². The summed E-state index contributed by atoms with van der Waals surface area (Å²) < 4.78 is 5.11. The molecule has 1 amide bonds. The van der Waals surface area contributed by atoms with Crippen LogP contribution in [0.1, 0.15) is 29.6 Å². The van der Waals surface area contributed by atoms with Crippen LogP contribution in [0, 0.1) is 0 Å². The minimum atomic E-state index is 0.00434. The number of hydrogen-bond acceptors (Lipinski definition) is 5. The Labute approximate surface area is 151 Å². The minimum absolute atomic E-state index is 0.00434. The molecule has 0 spiro atoms. The van der Waals surface area contributed by atoms with Crippen LogP contribution in [-0.2, 0) is 0 Å². The molecule has 1 aromatic rings. The Kier molecular flexibility index (Phi) is 7.08. The van der Waals surface area contributed by atoms with E-state index >= 15 is 0 Å². The number of carbonyl (C=O) groups is 1. The number of hydrogen-bond donors (Lipinski definition) is 1. The normalized spacial score (nSPS) is 18.0. The van der Waals surface area contributed by atoms with Crippen LogP contribution in [0.25, 0.3) is 0 Å². The highest BCUT2D eigenvalue weighted by atomic mass is 16.5. The van der Waals surface area contributed by atoms with Gasteiger partial charge in [0.15, 0.2) is 11.5 Å². The van der Waals surface area contributed by atoms with Gasteiger partial charge in [0.25, 0.3) is 5.91 Å². The molecule has 1 atom stereocenters. The van der Waals surface area contributed by atoms with Crippen molar-refractivity contribution in [3.8, 4) is 11.5 Å². The molecule has 1 aliphatic rings. The minimum Gasteiger partial charge on any atom is -0.504 e. The number of phenolic OH excluding ortho intramolecular Hbond substituents is 1. The first kappa shape index (κ1) is 19.5. The number of piperidine rings is 1. The van der Waals surface area contributed by atoms with Crippen molar-refractivity contribution >= 4 is 5.91 Å². The summed E-state index contributed by atoms with van der Waals surface area (Å²) in [5.74, 6) is 0.390. The van der Waals surface area contributed by atoms with Gasteiger partial charge in [-0.2, -0.15) is 0 Å². The first-order valence-corrected chi connectivity index (χ1v) is 8.93. The number of amides is 1. The van der Waals surface area contributed by atoms with E-state index in [9.17, 15) is 9.90 Å². The third-order valence-electron chi connectivity index (χ3n) is 4.85. The highest BCUT2D eigenvalue weighted by Crippen LogP contribution is 2.27. The lowest BCUT2D eigenvalue weighted by Gasteiger charge is -2.38. The number of ether oxygens (including phenoxy) is 1. The summed E-state index contributed by atoms with van der Waals surface area (Å²) >= 11 is 0. The predicted octanol–water partition coefficient (Wildman–Crippen LogP) is 1.89. The average molecular weight is 349 g/mol. The zero-order chi connectivity index (χ0) is 18.4. The van der Waals surface area contributed by atoms with Gasteiger partial charge in [0.2, 0.25) is 0 Å². The molecule has 1 N–H and O–H groups in total. The molecular weight excluding hydrogens is 318 g/mol. The molecule has 0 aliphatic carbocycles. The lowest BCUT2D eigenvalue weighted by Crippen LogP contribution is -2.49. The van der Waals surface area contributed by atoms with E-state index in [1.54, 1.807) is 12.1 Å². The number of benzene rings is 1. The first-order chi connectivity index (χ1) is 11.9. The molecular formula is C19H31N3O3. The fraction of sp³-hybridized carbons (Fsp3) is 0.632. The zero-order valence-electron chi connectivity index (χ0n) is 15.9. The largest absolute Gasteiger partial charge is 0.504 e. The van der Waals surface area contributed by atoms with Crippen LogP contribution < -0.4 is 4.74 Å². The maximum atomic E-state index is 12.8. The summed E-state index contributed by atoms with van der Waals surface area (Å²) in [7, 11) is 7.82. The number of methoxy groups -OCH3 is 1. The van der Waals surface area contributed by atoms with Crippen molar-refractivity contribution in [1.82, 2.24) is 14.7 Å². The fourth-order valence-electron chi connectivity index (χ4n) is 3.31. The highest BCUT2D eigenvalue weighted by Gasteiger charge is 2.27. The Hall–Kier alpha value is -1.79. The standard InChI is InChI=1S/C19H31N3O3/c1-20(2)10-6-11-21(3)16-7-5-12-22(14-16)19(24)15-8-9-17(23)18(13-15)25-4/h8-9,13,16,23H,5-7,10-12,14H2,1-4H3/t16-/m0/s1. The van der Waals surface area contributed by atoms with Crippen LogP contribution in [0.2, 0.25) is 0 Å². The number of nitrogens with zero attached hydrogens (tertiary/aromatic N) is 3. The number of aromatic hydroxyl groups is 1. The van der Waals surface area contributed by atoms with E-state index in [0.29, 0.717) is 17.4 Å². The number of carbonyl (C=O) groups excluding carboxylic acids is 1. The molecule has 25 heavy (non-hydrogen) atoms. The maximum absolute atomic E-state index is 12.8. The van der Waals surface area contributed by atoms with E-state index in [1.165, 1.54) is 13.2 Å². The van der Waals surface area contributed by atoms with Gasteiger partial charge in [-0.15, -0.1) is 0 Å². The summed E-state index contributed by atoms with van der Waals surface area (Å²) in [5, 5.41) is 9.70. The number of phenols is 1. The lowest BCUT2D eigenvalue weighted by atomic mass is 10.0. The predicted molar refractivity (Wildman–Crippen MR) is 99.4 cm³/mol.